The molecule has 1 unspecified atom stereocenters. The summed E-state index contributed by atoms with van der Waals surface area (Å²) in [5.74, 6) is 0.284. The van der Waals surface area contributed by atoms with Gasteiger partial charge in [0.25, 0.3) is 0 Å². The molecular formula is C16H24ClFN2. The molecule has 0 aromatic heterocycles. The Kier molecular flexibility index (Phi) is 5.82. The highest BCUT2D eigenvalue weighted by molar-refractivity contribution is 6.30. The lowest BCUT2D eigenvalue weighted by Crippen LogP contribution is -2.46. The van der Waals surface area contributed by atoms with Crippen LogP contribution in [0.4, 0.5) is 4.39 Å². The minimum absolute atomic E-state index is 0.121. The van der Waals surface area contributed by atoms with Crippen LogP contribution in [0.15, 0.2) is 18.2 Å². The topological polar surface area (TPSA) is 15.3 Å². The predicted molar refractivity (Wildman–Crippen MR) is 82.7 cm³/mol. The van der Waals surface area contributed by atoms with Gasteiger partial charge < -0.3 is 5.32 Å². The first-order valence-corrected chi connectivity index (χ1v) is 7.91. The predicted octanol–water partition coefficient (Wildman–Crippen LogP) is 3.86. The monoisotopic (exact) mass is 298 g/mol. The smallest absolute Gasteiger partial charge is 0.128 e. The molecule has 4 heteroatoms. The minimum Gasteiger partial charge on any atom is -0.314 e. The summed E-state index contributed by atoms with van der Waals surface area (Å²) in [4.78, 5) is 2.39. The molecule has 112 valence electrons. The van der Waals surface area contributed by atoms with Crippen molar-refractivity contribution in [3.8, 4) is 0 Å². The van der Waals surface area contributed by atoms with Crippen molar-refractivity contribution in [3.63, 3.8) is 0 Å². The van der Waals surface area contributed by atoms with E-state index in [0.29, 0.717) is 10.9 Å². The highest BCUT2D eigenvalue weighted by atomic mass is 35.5. The van der Waals surface area contributed by atoms with Crippen LogP contribution in [-0.2, 0) is 0 Å². The van der Waals surface area contributed by atoms with Gasteiger partial charge in [-0.15, -0.1) is 0 Å². The highest BCUT2D eigenvalue weighted by Crippen LogP contribution is 2.34. The lowest BCUT2D eigenvalue weighted by atomic mass is 9.89. The molecule has 1 fully saturated rings. The molecule has 1 heterocycles. The van der Waals surface area contributed by atoms with Crippen molar-refractivity contribution in [1.82, 2.24) is 10.2 Å². The molecule has 1 aliphatic heterocycles. The molecule has 1 aliphatic rings. The fraction of sp³-hybridized carbons (Fsp3) is 0.625. The lowest BCUT2D eigenvalue weighted by Gasteiger charge is -2.38. The maximum atomic E-state index is 14.3. The Hall–Kier alpha value is -0.640. The molecule has 1 N–H and O–H groups in total. The van der Waals surface area contributed by atoms with E-state index in [-0.39, 0.29) is 11.9 Å². The molecule has 0 aliphatic carbocycles. The van der Waals surface area contributed by atoms with E-state index in [1.807, 2.05) is 0 Å². The summed E-state index contributed by atoms with van der Waals surface area (Å²) in [6.07, 6.45) is 2.21. The molecule has 2 atom stereocenters. The fourth-order valence-electron chi connectivity index (χ4n) is 3.18. The molecule has 1 saturated heterocycles. The van der Waals surface area contributed by atoms with E-state index in [9.17, 15) is 4.39 Å². The number of nitrogens with one attached hydrogen (secondary N) is 1. The van der Waals surface area contributed by atoms with E-state index in [1.54, 1.807) is 12.1 Å². The second-order valence-corrected chi connectivity index (χ2v) is 6.10. The zero-order valence-electron chi connectivity index (χ0n) is 12.3. The second-order valence-electron chi connectivity index (χ2n) is 5.66. The largest absolute Gasteiger partial charge is 0.314 e. The number of benzene rings is 1. The quantitative estimate of drug-likeness (QED) is 0.888. The number of piperazine rings is 1. The Bertz CT molecular complexity index is 432. The number of hydrogen-bond acceptors (Lipinski definition) is 2. The Labute approximate surface area is 126 Å². The third-order valence-electron chi connectivity index (χ3n) is 4.10. The molecule has 20 heavy (non-hydrogen) atoms. The van der Waals surface area contributed by atoms with Crippen LogP contribution in [0.5, 0.6) is 0 Å². The van der Waals surface area contributed by atoms with Crippen LogP contribution in [0.1, 0.15) is 38.3 Å². The Balaban J connectivity index is 2.31. The maximum Gasteiger partial charge on any atom is 0.128 e. The highest BCUT2D eigenvalue weighted by Gasteiger charge is 2.29. The van der Waals surface area contributed by atoms with E-state index in [1.165, 1.54) is 6.07 Å². The van der Waals surface area contributed by atoms with Crippen LogP contribution in [0.25, 0.3) is 0 Å². The first-order valence-electron chi connectivity index (χ1n) is 7.53. The van der Waals surface area contributed by atoms with Crippen molar-refractivity contribution < 1.29 is 4.39 Å². The summed E-state index contributed by atoms with van der Waals surface area (Å²) in [5, 5.41) is 3.97. The molecular weight excluding hydrogens is 275 g/mol. The average Bonchev–Trinajstić information content (AvgIpc) is 2.44. The van der Waals surface area contributed by atoms with Crippen LogP contribution in [0.2, 0.25) is 5.02 Å². The van der Waals surface area contributed by atoms with Crippen molar-refractivity contribution >= 4 is 11.6 Å². The standard InChI is InChI=1S/C16H24ClFN2/c1-3-4-12(2)16(20-9-7-19-8-10-20)14-11-13(17)5-6-15(14)18/h5-6,11-12,16,19H,3-4,7-10H2,1-2H3/t12?,16-/m1/s1. The number of rotatable bonds is 5. The van der Waals surface area contributed by atoms with Gasteiger partial charge in [0.05, 0.1) is 0 Å². The molecule has 0 saturated carbocycles. The SMILES string of the molecule is CCCC(C)[C@H](c1cc(Cl)ccc1F)N1CCNCC1. The zero-order chi connectivity index (χ0) is 14.5. The van der Waals surface area contributed by atoms with Gasteiger partial charge in [0.15, 0.2) is 0 Å². The van der Waals surface area contributed by atoms with Gasteiger partial charge in [-0.2, -0.15) is 0 Å². The number of hydrogen-bond donors (Lipinski definition) is 1. The Morgan fingerprint density at radius 2 is 2.05 bits per heavy atom. The third kappa shape index (κ3) is 3.72. The molecule has 1 aromatic carbocycles. The van der Waals surface area contributed by atoms with Crippen molar-refractivity contribution in [2.75, 3.05) is 26.2 Å². The van der Waals surface area contributed by atoms with Crippen LogP contribution >= 0.6 is 11.6 Å². The number of nitrogens with zero attached hydrogens (tertiary/aromatic N) is 1. The van der Waals surface area contributed by atoms with Gasteiger partial charge in [0, 0.05) is 42.8 Å². The van der Waals surface area contributed by atoms with E-state index in [0.717, 1.165) is 44.6 Å². The maximum absolute atomic E-state index is 14.3. The summed E-state index contributed by atoms with van der Waals surface area (Å²) in [6.45, 7) is 8.26. The van der Waals surface area contributed by atoms with Gasteiger partial charge in [0.2, 0.25) is 0 Å². The lowest BCUT2D eigenvalue weighted by molar-refractivity contribution is 0.123. The molecule has 0 amide bonds. The van der Waals surface area contributed by atoms with Crippen molar-refractivity contribution in [3.05, 3.63) is 34.6 Å². The second kappa shape index (κ2) is 7.39. The van der Waals surface area contributed by atoms with Crippen LogP contribution in [0, 0.1) is 11.7 Å². The molecule has 2 nitrogen and oxygen atoms in total. The molecule has 0 bridgehead atoms. The average molecular weight is 299 g/mol. The van der Waals surface area contributed by atoms with Crippen LogP contribution < -0.4 is 5.32 Å². The van der Waals surface area contributed by atoms with Gasteiger partial charge >= 0.3 is 0 Å². The van der Waals surface area contributed by atoms with E-state index in [2.05, 4.69) is 24.1 Å². The van der Waals surface area contributed by atoms with E-state index >= 15 is 0 Å². The zero-order valence-corrected chi connectivity index (χ0v) is 13.1. The van der Waals surface area contributed by atoms with Crippen molar-refractivity contribution in [2.24, 2.45) is 5.92 Å². The summed E-state index contributed by atoms with van der Waals surface area (Å²) >= 11 is 6.08. The van der Waals surface area contributed by atoms with Gasteiger partial charge in [-0.05, 0) is 30.5 Å². The summed E-state index contributed by atoms with van der Waals surface area (Å²) in [7, 11) is 0. The third-order valence-corrected chi connectivity index (χ3v) is 4.34. The fourth-order valence-corrected chi connectivity index (χ4v) is 3.36. The van der Waals surface area contributed by atoms with Crippen LogP contribution in [-0.4, -0.2) is 31.1 Å². The van der Waals surface area contributed by atoms with Crippen LogP contribution in [0.3, 0.4) is 0 Å². The Morgan fingerprint density at radius 3 is 2.70 bits per heavy atom. The normalized spacial score (nSPS) is 19.8. The molecule has 1 aromatic rings. The van der Waals surface area contributed by atoms with Gasteiger partial charge in [-0.1, -0.05) is 31.9 Å². The van der Waals surface area contributed by atoms with Gasteiger partial charge in [0.1, 0.15) is 5.82 Å². The molecule has 2 rings (SSSR count). The van der Waals surface area contributed by atoms with E-state index < -0.39 is 0 Å². The Morgan fingerprint density at radius 1 is 1.35 bits per heavy atom. The summed E-state index contributed by atoms with van der Waals surface area (Å²) < 4.78 is 14.3. The van der Waals surface area contributed by atoms with Gasteiger partial charge in [-0.3, -0.25) is 4.90 Å². The van der Waals surface area contributed by atoms with Crippen molar-refractivity contribution in [2.45, 2.75) is 32.7 Å². The number of halogens is 2. The first kappa shape index (κ1) is 15.7. The van der Waals surface area contributed by atoms with Gasteiger partial charge in [-0.25, -0.2) is 4.39 Å². The molecule has 0 spiro atoms. The summed E-state index contributed by atoms with van der Waals surface area (Å²) in [6, 6.07) is 5.04. The molecule has 0 radical (unpaired) electrons. The summed E-state index contributed by atoms with van der Waals surface area (Å²) in [5.41, 5.74) is 0.750. The first-order chi connectivity index (χ1) is 9.63. The minimum atomic E-state index is -0.138. The van der Waals surface area contributed by atoms with Crippen molar-refractivity contribution in [1.29, 1.82) is 0 Å². The van der Waals surface area contributed by atoms with E-state index in [4.69, 9.17) is 11.6 Å².